The van der Waals surface area contributed by atoms with Crippen LogP contribution < -0.4 is 5.73 Å². The third kappa shape index (κ3) is 2.12. The molecule has 1 aromatic rings. The van der Waals surface area contributed by atoms with E-state index in [0.29, 0.717) is 6.07 Å². The molecular formula is C10H11F4N. The molecule has 0 radical (unpaired) electrons. The van der Waals surface area contributed by atoms with Gasteiger partial charge < -0.3 is 5.73 Å². The number of nitrogens with two attached hydrogens (primary N) is 1. The molecule has 5 heteroatoms. The van der Waals surface area contributed by atoms with Crippen LogP contribution in [-0.2, 0) is 0 Å². The maximum absolute atomic E-state index is 13.2. The van der Waals surface area contributed by atoms with Gasteiger partial charge in [0.25, 0.3) is 0 Å². The molecule has 1 aromatic carbocycles. The van der Waals surface area contributed by atoms with Gasteiger partial charge in [-0.1, -0.05) is 13.8 Å². The van der Waals surface area contributed by atoms with E-state index in [4.69, 9.17) is 5.73 Å². The van der Waals surface area contributed by atoms with E-state index in [1.54, 1.807) is 13.8 Å². The summed E-state index contributed by atoms with van der Waals surface area (Å²) in [4.78, 5) is 0. The van der Waals surface area contributed by atoms with Crippen molar-refractivity contribution in [3.8, 4) is 0 Å². The first-order valence-corrected chi connectivity index (χ1v) is 4.44. The lowest BCUT2D eigenvalue weighted by Crippen LogP contribution is -2.19. The van der Waals surface area contributed by atoms with E-state index in [9.17, 15) is 17.6 Å². The highest BCUT2D eigenvalue weighted by molar-refractivity contribution is 5.25. The standard InChI is InChI=1S/C10H11F4N/c1-4(2)10(15)5-3-6(11)8(13)9(14)7(5)12/h3-4,10H,15H2,1-2H3. The summed E-state index contributed by atoms with van der Waals surface area (Å²) in [5.41, 5.74) is 5.18. The van der Waals surface area contributed by atoms with Crippen molar-refractivity contribution in [3.63, 3.8) is 0 Å². The van der Waals surface area contributed by atoms with Crippen molar-refractivity contribution in [2.45, 2.75) is 19.9 Å². The normalized spacial score (nSPS) is 13.3. The summed E-state index contributed by atoms with van der Waals surface area (Å²) in [6.45, 7) is 3.34. The summed E-state index contributed by atoms with van der Waals surface area (Å²) in [6.07, 6.45) is 0. The van der Waals surface area contributed by atoms with Gasteiger partial charge in [0.15, 0.2) is 23.3 Å². The Labute approximate surface area is 84.9 Å². The van der Waals surface area contributed by atoms with E-state index in [-0.39, 0.29) is 11.5 Å². The van der Waals surface area contributed by atoms with Gasteiger partial charge in [-0.25, -0.2) is 17.6 Å². The Hall–Kier alpha value is -1.10. The van der Waals surface area contributed by atoms with E-state index < -0.39 is 29.3 Å². The van der Waals surface area contributed by atoms with Crippen molar-refractivity contribution in [3.05, 3.63) is 34.9 Å². The summed E-state index contributed by atoms with van der Waals surface area (Å²) in [6, 6.07) is -0.270. The molecule has 0 aromatic heterocycles. The Morgan fingerprint density at radius 1 is 1.00 bits per heavy atom. The smallest absolute Gasteiger partial charge is 0.197 e. The van der Waals surface area contributed by atoms with Crippen molar-refractivity contribution >= 4 is 0 Å². The second-order valence-electron chi connectivity index (χ2n) is 3.66. The first-order chi connectivity index (χ1) is 6.86. The number of hydrogen-bond donors (Lipinski definition) is 1. The number of benzene rings is 1. The molecular weight excluding hydrogens is 210 g/mol. The van der Waals surface area contributed by atoms with Crippen LogP contribution in [0.25, 0.3) is 0 Å². The van der Waals surface area contributed by atoms with Crippen molar-refractivity contribution < 1.29 is 17.6 Å². The monoisotopic (exact) mass is 221 g/mol. The minimum atomic E-state index is -1.82. The summed E-state index contributed by atoms with van der Waals surface area (Å²) in [7, 11) is 0. The summed E-state index contributed by atoms with van der Waals surface area (Å²) in [5.74, 6) is -6.69. The molecule has 0 bridgehead atoms. The van der Waals surface area contributed by atoms with Gasteiger partial charge in [-0.05, 0) is 12.0 Å². The van der Waals surface area contributed by atoms with Crippen LogP contribution in [0.4, 0.5) is 17.6 Å². The Morgan fingerprint density at radius 2 is 1.53 bits per heavy atom. The van der Waals surface area contributed by atoms with Crippen molar-refractivity contribution in [2.75, 3.05) is 0 Å². The number of halogens is 4. The largest absolute Gasteiger partial charge is 0.324 e. The molecule has 1 rings (SSSR count). The van der Waals surface area contributed by atoms with Crippen LogP contribution >= 0.6 is 0 Å². The number of rotatable bonds is 2. The SMILES string of the molecule is CC(C)C(N)c1cc(F)c(F)c(F)c1F. The van der Waals surface area contributed by atoms with Crippen LogP contribution in [0.2, 0.25) is 0 Å². The van der Waals surface area contributed by atoms with Gasteiger partial charge >= 0.3 is 0 Å². The first kappa shape index (κ1) is 12.0. The molecule has 0 aliphatic heterocycles. The summed E-state index contributed by atoms with van der Waals surface area (Å²) >= 11 is 0. The second kappa shape index (κ2) is 4.18. The van der Waals surface area contributed by atoms with Crippen LogP contribution in [0.1, 0.15) is 25.5 Å². The number of hydrogen-bond acceptors (Lipinski definition) is 1. The van der Waals surface area contributed by atoms with Crippen molar-refractivity contribution in [1.29, 1.82) is 0 Å². The lowest BCUT2D eigenvalue weighted by atomic mass is 9.96. The van der Waals surface area contributed by atoms with E-state index in [0.717, 1.165) is 0 Å². The van der Waals surface area contributed by atoms with Gasteiger partial charge in [-0.15, -0.1) is 0 Å². The summed E-state index contributed by atoms with van der Waals surface area (Å²) in [5, 5.41) is 0. The van der Waals surface area contributed by atoms with Crippen LogP contribution in [0.3, 0.4) is 0 Å². The predicted molar refractivity (Wildman–Crippen MR) is 48.0 cm³/mol. The molecule has 15 heavy (non-hydrogen) atoms. The highest BCUT2D eigenvalue weighted by atomic mass is 19.2. The molecule has 0 aliphatic rings. The minimum Gasteiger partial charge on any atom is -0.324 e. The predicted octanol–water partition coefficient (Wildman–Crippen LogP) is 2.90. The Kier molecular flexibility index (Phi) is 3.34. The fourth-order valence-corrected chi connectivity index (χ4v) is 1.19. The minimum absolute atomic E-state index is 0.205. The zero-order valence-corrected chi connectivity index (χ0v) is 8.32. The fourth-order valence-electron chi connectivity index (χ4n) is 1.19. The van der Waals surface area contributed by atoms with Gasteiger partial charge in [0.05, 0.1) is 0 Å². The third-order valence-electron chi connectivity index (χ3n) is 2.21. The molecule has 1 nitrogen and oxygen atoms in total. The quantitative estimate of drug-likeness (QED) is 0.464. The molecule has 1 unspecified atom stereocenters. The average Bonchev–Trinajstić information content (AvgIpc) is 2.19. The highest BCUT2D eigenvalue weighted by Gasteiger charge is 2.23. The van der Waals surface area contributed by atoms with Crippen molar-refractivity contribution in [1.82, 2.24) is 0 Å². The maximum atomic E-state index is 13.2. The zero-order chi connectivity index (χ0) is 11.7. The van der Waals surface area contributed by atoms with E-state index in [1.807, 2.05) is 0 Å². The van der Waals surface area contributed by atoms with E-state index in [1.165, 1.54) is 0 Å². The molecule has 0 heterocycles. The molecule has 1 atom stereocenters. The lowest BCUT2D eigenvalue weighted by Gasteiger charge is -2.17. The van der Waals surface area contributed by atoms with Crippen LogP contribution in [0, 0.1) is 29.2 Å². The third-order valence-corrected chi connectivity index (χ3v) is 2.21. The summed E-state index contributed by atoms with van der Waals surface area (Å²) < 4.78 is 51.4. The topological polar surface area (TPSA) is 26.0 Å². The molecule has 0 saturated carbocycles. The van der Waals surface area contributed by atoms with Gasteiger partial charge in [-0.3, -0.25) is 0 Å². The molecule has 0 spiro atoms. The van der Waals surface area contributed by atoms with Gasteiger partial charge in [0.2, 0.25) is 0 Å². The van der Waals surface area contributed by atoms with Gasteiger partial charge in [0, 0.05) is 11.6 Å². The highest BCUT2D eigenvalue weighted by Crippen LogP contribution is 2.26. The molecule has 0 amide bonds. The van der Waals surface area contributed by atoms with Gasteiger partial charge in [-0.2, -0.15) is 0 Å². The fraction of sp³-hybridized carbons (Fsp3) is 0.400. The Morgan fingerprint density at radius 3 is 2.00 bits per heavy atom. The second-order valence-corrected chi connectivity index (χ2v) is 3.66. The molecule has 84 valence electrons. The maximum Gasteiger partial charge on any atom is 0.197 e. The van der Waals surface area contributed by atoms with E-state index >= 15 is 0 Å². The average molecular weight is 221 g/mol. The molecule has 0 aliphatic carbocycles. The molecule has 2 N–H and O–H groups in total. The van der Waals surface area contributed by atoms with Gasteiger partial charge in [0.1, 0.15) is 0 Å². The van der Waals surface area contributed by atoms with Crippen LogP contribution in [-0.4, -0.2) is 0 Å². The zero-order valence-electron chi connectivity index (χ0n) is 8.32. The lowest BCUT2D eigenvalue weighted by molar-refractivity contribution is 0.390. The Bertz CT molecular complexity index is 376. The van der Waals surface area contributed by atoms with Crippen LogP contribution in [0.15, 0.2) is 6.07 Å². The first-order valence-electron chi connectivity index (χ1n) is 4.44. The molecule has 0 fully saturated rings. The van der Waals surface area contributed by atoms with E-state index in [2.05, 4.69) is 0 Å². The Balaban J connectivity index is 3.32. The molecule has 0 saturated heterocycles. The van der Waals surface area contributed by atoms with Crippen molar-refractivity contribution in [2.24, 2.45) is 11.7 Å². The van der Waals surface area contributed by atoms with Crippen LogP contribution in [0.5, 0.6) is 0 Å².